The second-order valence-corrected chi connectivity index (χ2v) is 11.0. The molecule has 1 heterocycles. The predicted molar refractivity (Wildman–Crippen MR) is 116 cm³/mol. The first-order chi connectivity index (χ1) is 14.6. The van der Waals surface area contributed by atoms with Crippen LogP contribution in [0.1, 0.15) is 90.4 Å². The number of allylic oxidation sites excluding steroid dienone is 1. The largest absolute Gasteiger partial charge is 0.352 e. The maximum absolute atomic E-state index is 12.3. The van der Waals surface area contributed by atoms with Gasteiger partial charge in [0.05, 0.1) is 13.2 Å². The first-order valence-electron chi connectivity index (χ1n) is 12.8. The van der Waals surface area contributed by atoms with Crippen LogP contribution < -0.4 is 0 Å². The number of hydrogen-bond donors (Lipinski definition) is 0. The Morgan fingerprint density at radius 1 is 0.667 bits per heavy atom. The van der Waals surface area contributed by atoms with Crippen molar-refractivity contribution in [2.75, 3.05) is 13.2 Å². The number of ether oxygens (including phenoxy) is 2. The van der Waals surface area contributed by atoms with E-state index >= 15 is 0 Å². The monoisotopic (exact) mass is 424 g/mol. The third-order valence-corrected chi connectivity index (χ3v) is 9.04. The molecule has 1 aliphatic heterocycles. The average Bonchev–Trinajstić information content (AvgIpc) is 2.79. The van der Waals surface area contributed by atoms with E-state index in [1.165, 1.54) is 51.4 Å². The van der Waals surface area contributed by atoms with Crippen LogP contribution in [-0.2, 0) is 9.47 Å². The van der Waals surface area contributed by atoms with Gasteiger partial charge in [-0.3, -0.25) is 0 Å². The summed E-state index contributed by atoms with van der Waals surface area (Å²) in [5, 5.41) is 0. The molecular weight excluding hydrogens is 382 g/mol. The van der Waals surface area contributed by atoms with Crippen LogP contribution >= 0.6 is 0 Å². The Morgan fingerprint density at radius 2 is 1.13 bits per heavy atom. The van der Waals surface area contributed by atoms with E-state index in [-0.39, 0.29) is 6.29 Å². The Bertz CT molecular complexity index is 529. The zero-order chi connectivity index (χ0) is 20.9. The molecule has 4 heteroatoms. The molecule has 3 saturated carbocycles. The number of halogens is 2. The van der Waals surface area contributed by atoms with Gasteiger partial charge in [0, 0.05) is 11.8 Å². The summed E-state index contributed by atoms with van der Waals surface area (Å²) in [5.74, 6) is 5.03. The summed E-state index contributed by atoms with van der Waals surface area (Å²) in [6.07, 6.45) is 15.6. The fourth-order valence-electron chi connectivity index (χ4n) is 6.87. The summed E-state index contributed by atoms with van der Waals surface area (Å²) in [4.78, 5) is 0. The molecule has 0 aromatic heterocycles. The Balaban J connectivity index is 1.14. The smallest absolute Gasteiger partial charge is 0.266 e. The van der Waals surface area contributed by atoms with Crippen LogP contribution in [-0.4, -0.2) is 19.5 Å². The molecule has 0 spiro atoms. The summed E-state index contributed by atoms with van der Waals surface area (Å²) in [6.45, 7) is 4.08. The van der Waals surface area contributed by atoms with Crippen molar-refractivity contribution < 1.29 is 18.3 Å². The predicted octanol–water partition coefficient (Wildman–Crippen LogP) is 7.59. The minimum Gasteiger partial charge on any atom is -0.352 e. The summed E-state index contributed by atoms with van der Waals surface area (Å²) in [5.41, 5.74) is 0. The second-order valence-electron chi connectivity index (χ2n) is 11.0. The van der Waals surface area contributed by atoms with E-state index in [0.29, 0.717) is 30.1 Å². The summed E-state index contributed by atoms with van der Waals surface area (Å²) < 4.78 is 37.1. The van der Waals surface area contributed by atoms with Gasteiger partial charge in [0.2, 0.25) is 0 Å². The zero-order valence-electron chi connectivity index (χ0n) is 18.9. The van der Waals surface area contributed by atoms with Crippen molar-refractivity contribution in [3.05, 3.63) is 12.2 Å². The molecule has 0 bridgehead atoms. The van der Waals surface area contributed by atoms with Gasteiger partial charge in [-0.05, 0) is 106 Å². The van der Waals surface area contributed by atoms with Gasteiger partial charge in [0.25, 0.3) is 6.08 Å². The van der Waals surface area contributed by atoms with Crippen LogP contribution in [0.4, 0.5) is 8.78 Å². The highest BCUT2D eigenvalue weighted by Gasteiger charge is 2.37. The van der Waals surface area contributed by atoms with Crippen molar-refractivity contribution in [3.63, 3.8) is 0 Å². The Labute approximate surface area is 182 Å². The second kappa shape index (κ2) is 10.9. The molecule has 1 saturated heterocycles. The van der Waals surface area contributed by atoms with E-state index < -0.39 is 6.08 Å². The highest BCUT2D eigenvalue weighted by molar-refractivity contribution is 4.87. The molecule has 0 radical (unpaired) electrons. The standard InChI is InChI=1S/C26H42F2O2/c1-18-2-7-20(8-3-18)21-11-13-23(14-12-21)26-29-16-24(17-30-26)22-9-4-19(5-10-22)6-15-25(27)28/h15,18-24,26H,2-14,16-17H2,1H3. The van der Waals surface area contributed by atoms with Gasteiger partial charge in [-0.25, -0.2) is 0 Å². The lowest BCUT2D eigenvalue weighted by atomic mass is 9.69. The van der Waals surface area contributed by atoms with Gasteiger partial charge in [-0.2, -0.15) is 8.78 Å². The van der Waals surface area contributed by atoms with E-state index in [9.17, 15) is 8.78 Å². The van der Waals surface area contributed by atoms with E-state index in [1.807, 2.05) is 0 Å². The molecule has 2 nitrogen and oxygen atoms in total. The summed E-state index contributed by atoms with van der Waals surface area (Å²) >= 11 is 0. The molecule has 0 unspecified atom stereocenters. The zero-order valence-corrected chi connectivity index (χ0v) is 18.9. The molecular formula is C26H42F2O2. The molecule has 30 heavy (non-hydrogen) atoms. The van der Waals surface area contributed by atoms with Crippen LogP contribution in [0.5, 0.6) is 0 Å². The van der Waals surface area contributed by atoms with E-state index in [2.05, 4.69) is 6.92 Å². The minimum atomic E-state index is -1.53. The van der Waals surface area contributed by atoms with E-state index in [0.717, 1.165) is 62.7 Å². The van der Waals surface area contributed by atoms with Gasteiger partial charge in [-0.1, -0.05) is 19.8 Å². The lowest BCUT2D eigenvalue weighted by Crippen LogP contribution is -2.41. The van der Waals surface area contributed by atoms with Crippen LogP contribution in [0.25, 0.3) is 0 Å². The molecule has 0 atom stereocenters. The quantitative estimate of drug-likeness (QED) is 0.453. The molecule has 0 aromatic carbocycles. The number of rotatable bonds is 5. The molecule has 4 aliphatic rings. The lowest BCUT2D eigenvalue weighted by molar-refractivity contribution is -0.237. The molecule has 4 fully saturated rings. The molecule has 172 valence electrons. The van der Waals surface area contributed by atoms with E-state index in [1.54, 1.807) is 0 Å². The van der Waals surface area contributed by atoms with Crippen molar-refractivity contribution in [3.8, 4) is 0 Å². The highest BCUT2D eigenvalue weighted by atomic mass is 19.3. The third-order valence-electron chi connectivity index (χ3n) is 9.04. The maximum atomic E-state index is 12.3. The highest BCUT2D eigenvalue weighted by Crippen LogP contribution is 2.43. The van der Waals surface area contributed by atoms with Crippen molar-refractivity contribution >= 4 is 0 Å². The Hall–Kier alpha value is -0.480. The Kier molecular flexibility index (Phi) is 8.25. The van der Waals surface area contributed by atoms with Gasteiger partial charge in [0.1, 0.15) is 0 Å². The first-order valence-corrected chi connectivity index (χ1v) is 12.8. The fourth-order valence-corrected chi connectivity index (χ4v) is 6.87. The SMILES string of the molecule is CC1CCC(C2CCC(C3OCC(C4CCC(CC=C(F)F)CC4)CO3)CC2)CC1. The van der Waals surface area contributed by atoms with Crippen molar-refractivity contribution in [2.45, 2.75) is 96.7 Å². The minimum absolute atomic E-state index is 0.0163. The number of hydrogen-bond acceptors (Lipinski definition) is 2. The fraction of sp³-hybridized carbons (Fsp3) is 0.923. The molecule has 0 N–H and O–H groups in total. The summed E-state index contributed by atoms with van der Waals surface area (Å²) in [7, 11) is 0. The first kappa shape index (κ1) is 22.7. The van der Waals surface area contributed by atoms with Gasteiger partial charge in [0.15, 0.2) is 6.29 Å². The van der Waals surface area contributed by atoms with Crippen molar-refractivity contribution in [2.24, 2.45) is 41.4 Å². The molecule has 4 rings (SSSR count). The van der Waals surface area contributed by atoms with Crippen molar-refractivity contribution in [1.29, 1.82) is 0 Å². The average molecular weight is 425 g/mol. The van der Waals surface area contributed by atoms with Crippen LogP contribution in [0.2, 0.25) is 0 Å². The summed E-state index contributed by atoms with van der Waals surface area (Å²) in [6, 6.07) is 0. The lowest BCUT2D eigenvalue weighted by Gasteiger charge is -2.42. The van der Waals surface area contributed by atoms with Gasteiger partial charge < -0.3 is 9.47 Å². The van der Waals surface area contributed by atoms with Crippen LogP contribution in [0.15, 0.2) is 12.2 Å². The molecule has 0 aromatic rings. The molecule has 3 aliphatic carbocycles. The Morgan fingerprint density at radius 3 is 1.70 bits per heavy atom. The van der Waals surface area contributed by atoms with Crippen LogP contribution in [0, 0.1) is 41.4 Å². The topological polar surface area (TPSA) is 18.5 Å². The normalized spacial score (nSPS) is 43.2. The van der Waals surface area contributed by atoms with Crippen molar-refractivity contribution in [1.82, 2.24) is 0 Å². The third kappa shape index (κ3) is 6.06. The molecule has 0 amide bonds. The maximum Gasteiger partial charge on any atom is 0.266 e. The van der Waals surface area contributed by atoms with Crippen LogP contribution in [0.3, 0.4) is 0 Å². The van der Waals surface area contributed by atoms with Gasteiger partial charge >= 0.3 is 0 Å². The van der Waals surface area contributed by atoms with E-state index in [4.69, 9.17) is 9.47 Å². The van der Waals surface area contributed by atoms with Gasteiger partial charge in [-0.15, -0.1) is 0 Å².